The van der Waals surface area contributed by atoms with E-state index in [4.69, 9.17) is 4.74 Å². The quantitative estimate of drug-likeness (QED) is 0.207. The van der Waals surface area contributed by atoms with Gasteiger partial charge < -0.3 is 10.1 Å². The summed E-state index contributed by atoms with van der Waals surface area (Å²) in [7, 11) is -1.09. The largest absolute Gasteiger partial charge is 0.497 e. The third-order valence-electron chi connectivity index (χ3n) is 6.86. The minimum Gasteiger partial charge on any atom is -0.497 e. The Morgan fingerprint density at radius 2 is 1.61 bits per heavy atom. The molecule has 1 aromatic heterocycles. The van der Waals surface area contributed by atoms with Crippen molar-refractivity contribution in [3.05, 3.63) is 99.9 Å². The second kappa shape index (κ2) is 12.5. The average molecular weight is 601 g/mol. The second-order valence-electron chi connectivity index (χ2n) is 10.6. The molecule has 0 unspecified atom stereocenters. The number of benzene rings is 3. The first-order valence-corrected chi connectivity index (χ1v) is 15.3. The smallest absolute Gasteiger partial charge is 0.271 e. The number of nitrogens with one attached hydrogen (secondary N) is 1. The number of aromatic nitrogens is 1. The number of anilines is 2. The van der Waals surface area contributed by atoms with Crippen LogP contribution in [0.15, 0.2) is 76.4 Å². The van der Waals surface area contributed by atoms with Gasteiger partial charge in [-0.1, -0.05) is 36.4 Å². The van der Waals surface area contributed by atoms with Gasteiger partial charge in [0.1, 0.15) is 17.4 Å². The van der Waals surface area contributed by atoms with Crippen molar-refractivity contribution >= 4 is 32.9 Å². The highest BCUT2D eigenvalue weighted by atomic mass is 32.2. The molecule has 3 aromatic carbocycles. The molecule has 0 atom stereocenters. The number of hydrogen-bond donors (Lipinski definition) is 1. The van der Waals surface area contributed by atoms with Gasteiger partial charge in [-0.15, -0.1) is 11.3 Å². The van der Waals surface area contributed by atoms with Crippen LogP contribution in [0.4, 0.5) is 20.3 Å². The summed E-state index contributed by atoms with van der Waals surface area (Å²) in [6, 6.07) is 16.6. The first kappa shape index (κ1) is 30.4. The van der Waals surface area contributed by atoms with E-state index in [1.54, 1.807) is 24.3 Å². The molecule has 0 amide bonds. The predicted molar refractivity (Wildman–Crippen MR) is 160 cm³/mol. The normalized spacial score (nSPS) is 12.0. The van der Waals surface area contributed by atoms with Crippen molar-refractivity contribution in [2.75, 3.05) is 23.8 Å². The molecular formula is C30H34F2N4O3S2. The van der Waals surface area contributed by atoms with E-state index in [2.05, 4.69) is 36.0 Å². The fourth-order valence-corrected chi connectivity index (χ4v) is 6.21. The van der Waals surface area contributed by atoms with Crippen molar-refractivity contribution < 1.29 is 21.9 Å². The summed E-state index contributed by atoms with van der Waals surface area (Å²) in [5.41, 5.74) is 4.20. The molecule has 0 radical (unpaired) electrons. The van der Waals surface area contributed by atoms with Gasteiger partial charge in [0.2, 0.25) is 0 Å². The first-order chi connectivity index (χ1) is 19.4. The molecule has 0 fully saturated rings. The predicted octanol–water partition coefficient (Wildman–Crippen LogP) is 6.67. The number of rotatable bonds is 11. The summed E-state index contributed by atoms with van der Waals surface area (Å²) < 4.78 is 64.3. The molecule has 0 bridgehead atoms. The van der Waals surface area contributed by atoms with E-state index in [9.17, 15) is 8.42 Å². The van der Waals surface area contributed by atoms with E-state index < -0.39 is 26.6 Å². The van der Waals surface area contributed by atoms with Gasteiger partial charge in [-0.05, 0) is 68.8 Å². The summed E-state index contributed by atoms with van der Waals surface area (Å²) in [5, 5.41) is 4.57. The van der Waals surface area contributed by atoms with Gasteiger partial charge >= 0.3 is 0 Å². The Morgan fingerprint density at radius 1 is 0.976 bits per heavy atom. The standard InChI is InChI=1S/C30H34F2N4O3S2/c1-30(2,3)35(4)18-23-9-7-6-8-22(23)16-33-24-14-26(31)29(27(32)15-24)41(37,38)36(28-19-40-20-34-28)17-21-10-12-25(39-5)13-11-21/h6-15,19-20,33H,16-18H2,1-5H3. The molecular weight excluding hydrogens is 566 g/mol. The Bertz CT molecular complexity index is 1550. The molecule has 1 heterocycles. The van der Waals surface area contributed by atoms with Crippen molar-refractivity contribution in [2.24, 2.45) is 0 Å². The Balaban J connectivity index is 1.59. The van der Waals surface area contributed by atoms with Crippen LogP contribution in [0, 0.1) is 11.6 Å². The van der Waals surface area contributed by atoms with Gasteiger partial charge in [0.25, 0.3) is 10.0 Å². The minimum atomic E-state index is -4.65. The lowest BCUT2D eigenvalue weighted by Gasteiger charge is -2.32. The lowest BCUT2D eigenvalue weighted by molar-refractivity contribution is 0.167. The van der Waals surface area contributed by atoms with E-state index in [-0.39, 0.29) is 23.6 Å². The van der Waals surface area contributed by atoms with E-state index in [1.807, 2.05) is 31.3 Å². The summed E-state index contributed by atoms with van der Waals surface area (Å²) in [6.07, 6.45) is 0. The Kier molecular flexibility index (Phi) is 9.31. The Hall–Kier alpha value is -3.54. The molecule has 4 aromatic rings. The molecule has 0 saturated heterocycles. The lowest BCUT2D eigenvalue weighted by Crippen LogP contribution is -2.37. The van der Waals surface area contributed by atoms with E-state index >= 15 is 8.78 Å². The van der Waals surface area contributed by atoms with Gasteiger partial charge in [-0.3, -0.25) is 4.90 Å². The topological polar surface area (TPSA) is 74.8 Å². The summed E-state index contributed by atoms with van der Waals surface area (Å²) in [5.74, 6) is -1.71. The molecule has 7 nitrogen and oxygen atoms in total. The van der Waals surface area contributed by atoms with E-state index in [1.165, 1.54) is 29.3 Å². The molecule has 11 heteroatoms. The van der Waals surface area contributed by atoms with E-state index in [0.717, 1.165) is 27.6 Å². The monoisotopic (exact) mass is 600 g/mol. The maximum absolute atomic E-state index is 15.4. The van der Waals surface area contributed by atoms with Crippen LogP contribution < -0.4 is 14.4 Å². The molecule has 4 rings (SSSR count). The van der Waals surface area contributed by atoms with Crippen molar-refractivity contribution in [3.8, 4) is 5.75 Å². The number of thiazole rings is 1. The molecule has 41 heavy (non-hydrogen) atoms. The van der Waals surface area contributed by atoms with Crippen molar-refractivity contribution in [3.63, 3.8) is 0 Å². The fourth-order valence-electron chi connectivity index (χ4n) is 4.11. The van der Waals surface area contributed by atoms with Gasteiger partial charge in [0, 0.05) is 29.7 Å². The Morgan fingerprint density at radius 3 is 2.17 bits per heavy atom. The zero-order chi connectivity index (χ0) is 29.8. The molecule has 0 aliphatic rings. The molecule has 0 aliphatic carbocycles. The van der Waals surface area contributed by atoms with Gasteiger partial charge in [0.15, 0.2) is 10.7 Å². The van der Waals surface area contributed by atoms with Crippen molar-refractivity contribution in [1.29, 1.82) is 0 Å². The first-order valence-electron chi connectivity index (χ1n) is 12.9. The zero-order valence-corrected chi connectivity index (χ0v) is 25.3. The zero-order valence-electron chi connectivity index (χ0n) is 23.7. The number of ether oxygens (including phenoxy) is 1. The SMILES string of the molecule is COc1ccc(CN(c2cscn2)S(=O)(=O)c2c(F)cc(NCc3ccccc3CN(C)C(C)(C)C)cc2F)cc1. The summed E-state index contributed by atoms with van der Waals surface area (Å²) in [4.78, 5) is 5.28. The number of halogens is 2. The highest BCUT2D eigenvalue weighted by molar-refractivity contribution is 7.92. The lowest BCUT2D eigenvalue weighted by atomic mass is 10.0. The fraction of sp³-hybridized carbons (Fsp3) is 0.300. The van der Waals surface area contributed by atoms with Gasteiger partial charge in [-0.2, -0.15) is 0 Å². The molecule has 0 spiro atoms. The number of hydrogen-bond acceptors (Lipinski definition) is 7. The van der Waals surface area contributed by atoms with Crippen LogP contribution in [0.25, 0.3) is 0 Å². The van der Waals surface area contributed by atoms with Crippen LogP contribution in [0.5, 0.6) is 5.75 Å². The Labute approximate surface area is 244 Å². The maximum atomic E-state index is 15.4. The van der Waals surface area contributed by atoms with Crippen molar-refractivity contribution in [1.82, 2.24) is 9.88 Å². The average Bonchev–Trinajstić information content (AvgIpc) is 3.45. The summed E-state index contributed by atoms with van der Waals surface area (Å²) >= 11 is 1.18. The van der Waals surface area contributed by atoms with Gasteiger partial charge in [0.05, 0.1) is 19.2 Å². The molecule has 0 saturated carbocycles. The highest BCUT2D eigenvalue weighted by Crippen LogP contribution is 2.31. The maximum Gasteiger partial charge on any atom is 0.271 e. The molecule has 1 N–H and O–H groups in total. The van der Waals surface area contributed by atoms with Crippen LogP contribution in [0.1, 0.15) is 37.5 Å². The van der Waals surface area contributed by atoms with Crippen molar-refractivity contribution in [2.45, 2.75) is 50.8 Å². The second-order valence-corrected chi connectivity index (χ2v) is 13.1. The van der Waals surface area contributed by atoms with Gasteiger partial charge in [-0.25, -0.2) is 26.5 Å². The van der Waals surface area contributed by atoms with Crippen LogP contribution in [0.2, 0.25) is 0 Å². The third kappa shape index (κ3) is 7.22. The number of nitrogens with zero attached hydrogens (tertiary/aromatic N) is 3. The number of sulfonamides is 1. The van der Waals surface area contributed by atoms with E-state index in [0.29, 0.717) is 24.4 Å². The van der Waals surface area contributed by atoms with Crippen LogP contribution in [0.3, 0.4) is 0 Å². The molecule has 218 valence electrons. The molecule has 0 aliphatic heterocycles. The number of methoxy groups -OCH3 is 1. The minimum absolute atomic E-state index is 0.0338. The summed E-state index contributed by atoms with van der Waals surface area (Å²) in [6.45, 7) is 7.21. The van der Waals surface area contributed by atoms with Crippen LogP contribution >= 0.6 is 11.3 Å². The van der Waals surface area contributed by atoms with Crippen LogP contribution in [-0.2, 0) is 29.7 Å². The highest BCUT2D eigenvalue weighted by Gasteiger charge is 2.33. The third-order valence-corrected chi connectivity index (χ3v) is 9.24. The van der Waals surface area contributed by atoms with Crippen LogP contribution in [-0.4, -0.2) is 38.0 Å².